The van der Waals surface area contributed by atoms with Gasteiger partial charge in [-0.3, -0.25) is 4.79 Å². The number of halogens is 1. The van der Waals surface area contributed by atoms with Crippen LogP contribution in [0.1, 0.15) is 0 Å². The number of hydrogen-bond donors (Lipinski definition) is 4. The molecule has 4 rings (SSSR count). The first kappa shape index (κ1) is 20.5. The molecule has 5 atom stereocenters. The van der Waals surface area contributed by atoms with Crippen LogP contribution in [-0.2, 0) is 4.74 Å². The van der Waals surface area contributed by atoms with Gasteiger partial charge in [0.25, 0.3) is 0 Å². The van der Waals surface area contributed by atoms with E-state index < -0.39 is 48.6 Å². The third-order valence-corrected chi connectivity index (χ3v) is 5.01. The molecule has 0 amide bonds. The molecular formula is C21H19FO8. The van der Waals surface area contributed by atoms with Gasteiger partial charge in [-0.05, 0) is 18.2 Å². The van der Waals surface area contributed by atoms with Gasteiger partial charge in [-0.25, -0.2) is 4.39 Å². The van der Waals surface area contributed by atoms with Gasteiger partial charge in [0.2, 0.25) is 11.7 Å². The van der Waals surface area contributed by atoms with Gasteiger partial charge in [-0.15, -0.1) is 0 Å². The largest absolute Gasteiger partial charge is 0.463 e. The molecule has 1 fully saturated rings. The lowest BCUT2D eigenvalue weighted by Gasteiger charge is -2.39. The molecule has 3 aromatic rings. The number of benzene rings is 2. The zero-order valence-corrected chi connectivity index (χ0v) is 15.5. The van der Waals surface area contributed by atoms with E-state index in [4.69, 9.17) is 13.9 Å². The Morgan fingerprint density at radius 2 is 1.77 bits per heavy atom. The highest BCUT2D eigenvalue weighted by Crippen LogP contribution is 2.28. The van der Waals surface area contributed by atoms with Crippen LogP contribution < -0.4 is 10.2 Å². The van der Waals surface area contributed by atoms with Crippen molar-refractivity contribution in [3.63, 3.8) is 0 Å². The molecule has 8 nitrogen and oxygen atoms in total. The van der Waals surface area contributed by atoms with E-state index in [9.17, 15) is 29.6 Å². The Labute approximate surface area is 169 Å². The highest BCUT2D eigenvalue weighted by Gasteiger charge is 2.44. The lowest BCUT2D eigenvalue weighted by Crippen LogP contribution is -2.60. The van der Waals surface area contributed by atoms with Crippen molar-refractivity contribution in [2.75, 3.05) is 6.61 Å². The van der Waals surface area contributed by atoms with Crippen molar-refractivity contribution < 1.29 is 38.7 Å². The highest BCUT2D eigenvalue weighted by atomic mass is 19.1. The fraction of sp³-hybridized carbons (Fsp3) is 0.286. The van der Waals surface area contributed by atoms with E-state index >= 15 is 0 Å². The number of rotatable bonds is 4. The van der Waals surface area contributed by atoms with Crippen molar-refractivity contribution in [1.82, 2.24) is 0 Å². The van der Waals surface area contributed by atoms with Crippen LogP contribution in [0.25, 0.3) is 22.1 Å². The van der Waals surface area contributed by atoms with E-state index in [1.165, 1.54) is 36.4 Å². The van der Waals surface area contributed by atoms with Gasteiger partial charge in [0.1, 0.15) is 47.8 Å². The predicted octanol–water partition coefficient (Wildman–Crippen LogP) is 0.778. The van der Waals surface area contributed by atoms with Gasteiger partial charge in [-0.2, -0.15) is 0 Å². The summed E-state index contributed by atoms with van der Waals surface area (Å²) in [6.07, 6.45) is -5.99. The molecule has 158 valence electrons. The molecule has 1 aliphatic rings. The molecule has 2 aromatic carbocycles. The molecule has 9 heteroatoms. The highest BCUT2D eigenvalue weighted by molar-refractivity contribution is 5.82. The number of fused-ring (bicyclic) bond motifs is 1. The Morgan fingerprint density at radius 1 is 1.00 bits per heavy atom. The molecule has 1 aliphatic heterocycles. The topological polar surface area (TPSA) is 130 Å². The third-order valence-electron chi connectivity index (χ3n) is 5.01. The minimum absolute atomic E-state index is 0.0724. The quantitative estimate of drug-likeness (QED) is 0.489. The number of hydrogen-bond acceptors (Lipinski definition) is 8. The predicted molar refractivity (Wildman–Crippen MR) is 102 cm³/mol. The van der Waals surface area contributed by atoms with Crippen molar-refractivity contribution in [2.45, 2.75) is 30.7 Å². The summed E-state index contributed by atoms with van der Waals surface area (Å²) in [7, 11) is 0. The summed E-state index contributed by atoms with van der Waals surface area (Å²) in [6.45, 7) is -0.587. The maximum Gasteiger partial charge on any atom is 0.229 e. The first-order chi connectivity index (χ1) is 14.4. The van der Waals surface area contributed by atoms with Crippen LogP contribution in [0.2, 0.25) is 0 Å². The van der Waals surface area contributed by atoms with Crippen molar-refractivity contribution in [3.05, 3.63) is 64.8 Å². The summed E-state index contributed by atoms with van der Waals surface area (Å²) in [5, 5.41) is 39.2. The second-order valence-corrected chi connectivity index (χ2v) is 6.93. The minimum Gasteiger partial charge on any atom is -0.463 e. The van der Waals surface area contributed by atoms with Gasteiger partial charge >= 0.3 is 0 Å². The molecule has 2 heterocycles. The van der Waals surface area contributed by atoms with E-state index in [1.807, 2.05) is 0 Å². The average molecular weight is 418 g/mol. The monoisotopic (exact) mass is 418 g/mol. The lowest BCUT2D eigenvalue weighted by molar-refractivity contribution is -0.277. The molecule has 0 unspecified atom stereocenters. The zero-order chi connectivity index (χ0) is 21.4. The summed E-state index contributed by atoms with van der Waals surface area (Å²) >= 11 is 0. The number of aliphatic hydroxyl groups excluding tert-OH is 4. The van der Waals surface area contributed by atoms with Crippen molar-refractivity contribution in [3.8, 4) is 16.9 Å². The summed E-state index contributed by atoms with van der Waals surface area (Å²) in [6, 6.07) is 10.1. The Morgan fingerprint density at radius 3 is 2.50 bits per heavy atom. The van der Waals surface area contributed by atoms with Crippen LogP contribution in [-0.4, -0.2) is 57.7 Å². The standard InChI is InChI=1S/C21H19FO8/c22-14-4-2-1-3-11(14)13-9-28-15-7-10(5-6-12(15)17(13)24)29-21-20(27)19(26)18(25)16(8-23)30-21/h1-7,9,16,18-21,23,25-27H,8H2/t16-,18+,19+,20+,21-/m1/s1. The van der Waals surface area contributed by atoms with E-state index in [2.05, 4.69) is 0 Å². The van der Waals surface area contributed by atoms with E-state index in [1.54, 1.807) is 6.07 Å². The van der Waals surface area contributed by atoms with Crippen LogP contribution in [0, 0.1) is 5.82 Å². The summed E-state index contributed by atoms with van der Waals surface area (Å²) in [5.41, 5.74) is -0.0825. The van der Waals surface area contributed by atoms with Gasteiger partial charge in [0.15, 0.2) is 0 Å². The number of aliphatic hydroxyl groups is 4. The SMILES string of the molecule is O=c1c(-c2ccccc2F)coc2cc(O[C@@H]3O[C@H](CO)[C@H](O)[C@H](O)[C@@H]3O)ccc12. The molecule has 0 bridgehead atoms. The average Bonchev–Trinajstić information content (AvgIpc) is 2.75. The first-order valence-electron chi connectivity index (χ1n) is 9.18. The van der Waals surface area contributed by atoms with Crippen LogP contribution in [0.4, 0.5) is 4.39 Å². The van der Waals surface area contributed by atoms with E-state index in [0.29, 0.717) is 0 Å². The second-order valence-electron chi connectivity index (χ2n) is 6.93. The molecule has 1 aromatic heterocycles. The van der Waals surface area contributed by atoms with E-state index in [0.717, 1.165) is 6.26 Å². The Balaban J connectivity index is 1.64. The van der Waals surface area contributed by atoms with Gasteiger partial charge in [-0.1, -0.05) is 18.2 Å². The van der Waals surface area contributed by atoms with Gasteiger partial charge in [0.05, 0.1) is 17.6 Å². The second kappa shape index (κ2) is 8.13. The fourth-order valence-corrected chi connectivity index (χ4v) is 3.35. The molecule has 30 heavy (non-hydrogen) atoms. The zero-order valence-electron chi connectivity index (χ0n) is 15.5. The Kier molecular flexibility index (Phi) is 5.54. The third kappa shape index (κ3) is 3.57. The van der Waals surface area contributed by atoms with Gasteiger partial charge in [0, 0.05) is 11.6 Å². The molecule has 0 radical (unpaired) electrons. The summed E-state index contributed by atoms with van der Waals surface area (Å²) in [5.74, 6) is -0.402. The van der Waals surface area contributed by atoms with Crippen LogP contribution in [0.5, 0.6) is 5.75 Å². The molecule has 0 aliphatic carbocycles. The van der Waals surface area contributed by atoms with Gasteiger partial charge < -0.3 is 34.3 Å². The lowest BCUT2D eigenvalue weighted by atomic mass is 9.99. The minimum atomic E-state index is -1.58. The van der Waals surface area contributed by atoms with Crippen LogP contribution in [0.15, 0.2) is 57.9 Å². The molecule has 4 N–H and O–H groups in total. The molecule has 0 spiro atoms. The van der Waals surface area contributed by atoms with Crippen LogP contribution >= 0.6 is 0 Å². The van der Waals surface area contributed by atoms with Crippen molar-refractivity contribution in [2.24, 2.45) is 0 Å². The van der Waals surface area contributed by atoms with Crippen molar-refractivity contribution >= 4 is 11.0 Å². The molecule has 0 saturated carbocycles. The smallest absolute Gasteiger partial charge is 0.229 e. The van der Waals surface area contributed by atoms with Crippen LogP contribution in [0.3, 0.4) is 0 Å². The molecular weight excluding hydrogens is 399 g/mol. The van der Waals surface area contributed by atoms with Crippen molar-refractivity contribution in [1.29, 1.82) is 0 Å². The summed E-state index contributed by atoms with van der Waals surface area (Å²) in [4.78, 5) is 12.8. The van der Waals surface area contributed by atoms with E-state index in [-0.39, 0.29) is 27.8 Å². The Bertz CT molecular complexity index is 1110. The maximum absolute atomic E-state index is 14.0. The molecule has 1 saturated heterocycles. The summed E-state index contributed by atoms with van der Waals surface area (Å²) < 4.78 is 30.4. The maximum atomic E-state index is 14.0. The normalized spacial score (nSPS) is 26.6. The first-order valence-corrected chi connectivity index (χ1v) is 9.18. The Hall–Kier alpha value is -2.82. The number of ether oxygens (including phenoxy) is 2. The fourth-order valence-electron chi connectivity index (χ4n) is 3.35.